The fourth-order valence-electron chi connectivity index (χ4n) is 2.10. The van der Waals surface area contributed by atoms with Crippen molar-refractivity contribution in [3.8, 4) is 0 Å². The smallest absolute Gasteiger partial charge is 0.263 e. The molecule has 2 rings (SSSR count). The van der Waals surface area contributed by atoms with Crippen molar-refractivity contribution in [2.75, 3.05) is 5.73 Å². The van der Waals surface area contributed by atoms with Crippen LogP contribution in [-0.2, 0) is 0 Å². The van der Waals surface area contributed by atoms with Crippen molar-refractivity contribution >= 4 is 22.4 Å². The van der Waals surface area contributed by atoms with Crippen LogP contribution in [0.3, 0.4) is 0 Å². The number of amides is 1. The van der Waals surface area contributed by atoms with E-state index >= 15 is 0 Å². The van der Waals surface area contributed by atoms with Crippen LogP contribution < -0.4 is 11.1 Å². The maximum Gasteiger partial charge on any atom is 0.263 e. The minimum atomic E-state index is -0.205. The molecule has 0 bridgehead atoms. The molecule has 0 atom stereocenters. The van der Waals surface area contributed by atoms with Crippen molar-refractivity contribution in [1.82, 2.24) is 10.3 Å². The number of hydrogen-bond acceptors (Lipinski definition) is 5. The Kier molecular flexibility index (Phi) is 3.63. The van der Waals surface area contributed by atoms with Gasteiger partial charge in [0.05, 0.1) is 11.8 Å². The van der Waals surface area contributed by atoms with Crippen LogP contribution in [0.25, 0.3) is 0 Å². The summed E-state index contributed by atoms with van der Waals surface area (Å²) in [6.45, 7) is 1.78. The molecule has 0 aliphatic heterocycles. The van der Waals surface area contributed by atoms with Gasteiger partial charge in [0.2, 0.25) is 0 Å². The minimum Gasteiger partial charge on any atom is -0.393 e. The Morgan fingerprint density at radius 3 is 2.65 bits per heavy atom. The first-order chi connectivity index (χ1) is 8.06. The number of aliphatic hydroxyl groups is 1. The van der Waals surface area contributed by atoms with Crippen LogP contribution >= 0.6 is 11.3 Å². The number of aryl methyl sites for hydroxylation is 1. The number of nitrogen functional groups attached to an aromatic ring is 1. The Hall–Kier alpha value is -1.14. The Morgan fingerprint density at radius 2 is 2.12 bits per heavy atom. The lowest BCUT2D eigenvalue weighted by atomic mass is 9.93. The van der Waals surface area contributed by atoms with E-state index in [1.165, 1.54) is 11.3 Å². The van der Waals surface area contributed by atoms with Gasteiger partial charge in [-0.25, -0.2) is 4.98 Å². The van der Waals surface area contributed by atoms with Crippen molar-refractivity contribution in [3.05, 3.63) is 10.6 Å². The van der Waals surface area contributed by atoms with Crippen LogP contribution in [0.1, 0.15) is 41.0 Å². The number of anilines is 1. The van der Waals surface area contributed by atoms with Crippen LogP contribution in [0.15, 0.2) is 0 Å². The summed E-state index contributed by atoms with van der Waals surface area (Å²) in [5.41, 5.74) is 6.24. The standard InChI is InChI=1S/C11H17N3O2S/c1-6-9(17-11(12)13-6)10(16)14-7-2-4-8(15)5-3-7/h7-8,15H,2-5H2,1H3,(H2,12,13)(H,14,16). The molecule has 1 aromatic rings. The molecule has 94 valence electrons. The van der Waals surface area contributed by atoms with Crippen LogP contribution in [0, 0.1) is 6.92 Å². The quantitative estimate of drug-likeness (QED) is 0.737. The number of aromatic nitrogens is 1. The zero-order chi connectivity index (χ0) is 12.4. The molecule has 0 aromatic carbocycles. The molecule has 0 saturated heterocycles. The average molecular weight is 255 g/mol. The van der Waals surface area contributed by atoms with Gasteiger partial charge in [0.25, 0.3) is 5.91 Å². The van der Waals surface area contributed by atoms with Gasteiger partial charge >= 0.3 is 0 Å². The highest BCUT2D eigenvalue weighted by molar-refractivity contribution is 7.17. The fourth-order valence-corrected chi connectivity index (χ4v) is 2.84. The molecule has 0 radical (unpaired) electrons. The van der Waals surface area contributed by atoms with E-state index in [1.54, 1.807) is 6.92 Å². The summed E-state index contributed by atoms with van der Waals surface area (Å²) in [4.78, 5) is 16.6. The molecule has 5 nitrogen and oxygen atoms in total. The van der Waals surface area contributed by atoms with E-state index in [1.807, 2.05) is 0 Å². The van der Waals surface area contributed by atoms with Gasteiger partial charge in [-0.3, -0.25) is 4.79 Å². The summed E-state index contributed by atoms with van der Waals surface area (Å²) in [7, 11) is 0. The van der Waals surface area contributed by atoms with Gasteiger partial charge in [0.1, 0.15) is 4.88 Å². The summed E-state index contributed by atoms with van der Waals surface area (Å²) in [5.74, 6) is -0.0990. The number of carbonyl (C=O) groups is 1. The highest BCUT2D eigenvalue weighted by Crippen LogP contribution is 2.22. The van der Waals surface area contributed by atoms with Crippen LogP contribution in [-0.4, -0.2) is 28.1 Å². The van der Waals surface area contributed by atoms with Gasteiger partial charge in [-0.05, 0) is 32.6 Å². The predicted molar refractivity (Wildman–Crippen MR) is 67.0 cm³/mol. The molecule has 1 saturated carbocycles. The Bertz CT molecular complexity index is 411. The van der Waals surface area contributed by atoms with Crippen molar-refractivity contribution in [1.29, 1.82) is 0 Å². The number of nitrogens with two attached hydrogens (primary N) is 1. The van der Waals surface area contributed by atoms with E-state index in [0.717, 1.165) is 25.7 Å². The summed E-state index contributed by atoms with van der Waals surface area (Å²) >= 11 is 1.22. The van der Waals surface area contributed by atoms with E-state index in [9.17, 15) is 9.90 Å². The van der Waals surface area contributed by atoms with Gasteiger partial charge in [0, 0.05) is 6.04 Å². The third-order valence-corrected chi connectivity index (χ3v) is 4.04. The zero-order valence-electron chi connectivity index (χ0n) is 9.77. The second kappa shape index (κ2) is 5.01. The first kappa shape index (κ1) is 12.3. The topological polar surface area (TPSA) is 88.2 Å². The summed E-state index contributed by atoms with van der Waals surface area (Å²) < 4.78 is 0. The lowest BCUT2D eigenvalue weighted by molar-refractivity contribution is 0.0870. The first-order valence-electron chi connectivity index (χ1n) is 5.78. The minimum absolute atomic E-state index is 0.0990. The molecular weight excluding hydrogens is 238 g/mol. The Labute approximate surface area is 104 Å². The molecular formula is C11H17N3O2S. The van der Waals surface area contributed by atoms with Crippen molar-refractivity contribution in [3.63, 3.8) is 0 Å². The normalized spacial score (nSPS) is 24.6. The molecule has 0 spiro atoms. The molecule has 1 aromatic heterocycles. The molecule has 1 fully saturated rings. The molecule has 1 aliphatic rings. The maximum atomic E-state index is 12.0. The van der Waals surface area contributed by atoms with Gasteiger partial charge in [0.15, 0.2) is 5.13 Å². The monoisotopic (exact) mass is 255 g/mol. The lowest BCUT2D eigenvalue weighted by Gasteiger charge is -2.25. The van der Waals surface area contributed by atoms with E-state index < -0.39 is 0 Å². The van der Waals surface area contributed by atoms with Crippen LogP contribution in [0.4, 0.5) is 5.13 Å². The van der Waals surface area contributed by atoms with Crippen molar-refractivity contribution < 1.29 is 9.90 Å². The van der Waals surface area contributed by atoms with E-state index in [4.69, 9.17) is 5.73 Å². The van der Waals surface area contributed by atoms with Gasteiger partial charge in [-0.2, -0.15) is 0 Å². The highest BCUT2D eigenvalue weighted by atomic mass is 32.1. The van der Waals surface area contributed by atoms with E-state index in [2.05, 4.69) is 10.3 Å². The second-order valence-electron chi connectivity index (χ2n) is 4.45. The molecule has 1 heterocycles. The number of hydrogen-bond donors (Lipinski definition) is 3. The largest absolute Gasteiger partial charge is 0.393 e. The number of rotatable bonds is 2. The number of nitrogens with zero attached hydrogens (tertiary/aromatic N) is 1. The predicted octanol–water partition coefficient (Wildman–Crippen LogP) is 1.07. The van der Waals surface area contributed by atoms with Gasteiger partial charge < -0.3 is 16.2 Å². The maximum absolute atomic E-state index is 12.0. The molecule has 17 heavy (non-hydrogen) atoms. The third-order valence-electron chi connectivity index (χ3n) is 3.05. The molecule has 6 heteroatoms. The third kappa shape index (κ3) is 2.95. The fraction of sp³-hybridized carbons (Fsp3) is 0.636. The second-order valence-corrected chi connectivity index (χ2v) is 5.48. The average Bonchev–Trinajstić information content (AvgIpc) is 2.61. The summed E-state index contributed by atoms with van der Waals surface area (Å²) in [6, 6.07) is 0.161. The highest BCUT2D eigenvalue weighted by Gasteiger charge is 2.22. The molecule has 1 aliphatic carbocycles. The number of aliphatic hydroxyl groups excluding tert-OH is 1. The van der Waals surface area contributed by atoms with Gasteiger partial charge in [-0.1, -0.05) is 11.3 Å². The molecule has 4 N–H and O–H groups in total. The van der Waals surface area contributed by atoms with E-state index in [-0.39, 0.29) is 18.1 Å². The summed E-state index contributed by atoms with van der Waals surface area (Å²) in [6.07, 6.45) is 2.98. The Balaban J connectivity index is 1.95. The zero-order valence-corrected chi connectivity index (χ0v) is 10.6. The molecule has 1 amide bonds. The van der Waals surface area contributed by atoms with Crippen LogP contribution in [0.5, 0.6) is 0 Å². The summed E-state index contributed by atoms with van der Waals surface area (Å²) in [5, 5.41) is 12.8. The number of nitrogens with one attached hydrogen (secondary N) is 1. The molecule has 0 unspecified atom stereocenters. The first-order valence-corrected chi connectivity index (χ1v) is 6.59. The van der Waals surface area contributed by atoms with Gasteiger partial charge in [-0.15, -0.1) is 0 Å². The SMILES string of the molecule is Cc1nc(N)sc1C(=O)NC1CCC(O)CC1. The number of carbonyl (C=O) groups excluding carboxylic acids is 1. The van der Waals surface area contributed by atoms with Crippen LogP contribution in [0.2, 0.25) is 0 Å². The number of thiazole rings is 1. The Morgan fingerprint density at radius 1 is 1.47 bits per heavy atom. The van der Waals surface area contributed by atoms with E-state index in [0.29, 0.717) is 15.7 Å². The lowest BCUT2D eigenvalue weighted by Crippen LogP contribution is -2.38. The van der Waals surface area contributed by atoms with Crippen molar-refractivity contribution in [2.45, 2.75) is 44.8 Å². The van der Waals surface area contributed by atoms with Crippen molar-refractivity contribution in [2.24, 2.45) is 0 Å².